The number of nitrogens with one attached hydrogen (secondary N) is 1. The van der Waals surface area contributed by atoms with Gasteiger partial charge in [-0.2, -0.15) is 4.21 Å². The summed E-state index contributed by atoms with van der Waals surface area (Å²) in [4.78, 5) is 0. The summed E-state index contributed by atoms with van der Waals surface area (Å²) in [6, 6.07) is 0. The summed E-state index contributed by atoms with van der Waals surface area (Å²) in [6.07, 6.45) is -1.22. The predicted molar refractivity (Wildman–Crippen MR) is 34.5 cm³/mol. The molecule has 1 heterocycles. The Morgan fingerprint density at radius 1 is 1.60 bits per heavy atom. The van der Waals surface area contributed by atoms with Crippen LogP contribution in [0.5, 0.6) is 0 Å². The molecule has 0 aromatic rings. The molecule has 1 saturated heterocycles. The first-order valence-electron chi connectivity index (χ1n) is 2.87. The maximum absolute atomic E-state index is 10.1. The van der Waals surface area contributed by atoms with Gasteiger partial charge in [0.05, 0.1) is 6.10 Å². The van der Waals surface area contributed by atoms with E-state index in [0.29, 0.717) is 13.1 Å². The number of aliphatic hydroxyl groups excluding tert-OH is 1. The highest BCUT2D eigenvalue weighted by molar-refractivity contribution is 7.74. The van der Waals surface area contributed by atoms with Gasteiger partial charge in [-0.15, -0.1) is 0 Å². The summed E-state index contributed by atoms with van der Waals surface area (Å²) in [5.74, 6) is 0. The minimum atomic E-state index is -2.28. The lowest BCUT2D eigenvalue weighted by molar-refractivity contribution is 0.0766. The maximum Gasteiger partial charge on any atom is 0.302 e. The lowest BCUT2D eigenvalue weighted by Crippen LogP contribution is -2.27. The summed E-state index contributed by atoms with van der Waals surface area (Å²) in [7, 11) is 0. The van der Waals surface area contributed by atoms with Crippen LogP contribution in [-0.2, 0) is 15.5 Å². The van der Waals surface area contributed by atoms with E-state index in [0.717, 1.165) is 0 Å². The molecule has 3 N–H and O–H groups in total. The van der Waals surface area contributed by atoms with Crippen LogP contribution < -0.4 is 5.32 Å². The van der Waals surface area contributed by atoms with Gasteiger partial charge in [0.15, 0.2) is 0 Å². The Hall–Kier alpha value is -0.0100. The van der Waals surface area contributed by atoms with Gasteiger partial charge in [0, 0.05) is 13.1 Å². The molecule has 0 bridgehead atoms. The third-order valence-corrected chi connectivity index (χ3v) is 1.75. The Labute approximate surface area is 60.9 Å². The molecule has 0 aliphatic carbocycles. The van der Waals surface area contributed by atoms with Crippen molar-refractivity contribution in [3.8, 4) is 0 Å². The summed E-state index contributed by atoms with van der Waals surface area (Å²) < 4.78 is 22.7. The lowest BCUT2D eigenvalue weighted by Gasteiger charge is -2.09. The molecule has 0 aromatic heterocycles. The summed E-state index contributed by atoms with van der Waals surface area (Å²) in [5, 5.41) is 11.8. The van der Waals surface area contributed by atoms with Crippen LogP contribution in [0.25, 0.3) is 0 Å². The number of hydrogen-bond donors (Lipinski definition) is 3. The van der Waals surface area contributed by atoms with Gasteiger partial charge in [-0.3, -0.25) is 8.74 Å². The number of hydrogen-bond acceptors (Lipinski definition) is 4. The first-order chi connectivity index (χ1) is 4.70. The fourth-order valence-corrected chi connectivity index (χ4v) is 1.25. The van der Waals surface area contributed by atoms with Crippen LogP contribution >= 0.6 is 0 Å². The molecule has 3 unspecified atom stereocenters. The fraction of sp³-hybridized carbons (Fsp3) is 1.00. The second-order valence-corrected chi connectivity index (χ2v) is 2.70. The topological polar surface area (TPSA) is 78.8 Å². The molecule has 6 heteroatoms. The van der Waals surface area contributed by atoms with Crippen molar-refractivity contribution >= 4 is 11.4 Å². The third kappa shape index (κ3) is 1.99. The fourth-order valence-electron chi connectivity index (χ4n) is 0.845. The van der Waals surface area contributed by atoms with Gasteiger partial charge in [0.2, 0.25) is 0 Å². The Bertz CT molecular complexity index is 141. The van der Waals surface area contributed by atoms with E-state index in [1.807, 2.05) is 0 Å². The van der Waals surface area contributed by atoms with E-state index in [1.54, 1.807) is 0 Å². The standard InChI is InChI=1S/C4H9NO4S/c6-3-1-5-2-4(3)9-10(7)8/h3-6H,1-2H2,(H,7,8). The van der Waals surface area contributed by atoms with Gasteiger partial charge in [-0.25, -0.2) is 0 Å². The summed E-state index contributed by atoms with van der Waals surface area (Å²) in [6.45, 7) is 0.843. The molecule has 0 radical (unpaired) electrons. The average molecular weight is 167 g/mol. The maximum atomic E-state index is 10.1. The Morgan fingerprint density at radius 3 is 2.70 bits per heavy atom. The quantitative estimate of drug-likeness (QED) is 0.435. The SMILES string of the molecule is O=S(O)OC1CNCC1O. The molecule has 1 rings (SSSR count). The zero-order valence-electron chi connectivity index (χ0n) is 5.19. The Morgan fingerprint density at radius 2 is 2.30 bits per heavy atom. The molecular weight excluding hydrogens is 158 g/mol. The second-order valence-electron chi connectivity index (χ2n) is 2.08. The highest BCUT2D eigenvalue weighted by atomic mass is 32.2. The van der Waals surface area contributed by atoms with Crippen molar-refractivity contribution in [3.63, 3.8) is 0 Å². The van der Waals surface area contributed by atoms with Gasteiger partial charge in [0.1, 0.15) is 6.10 Å². The molecule has 0 amide bonds. The van der Waals surface area contributed by atoms with Crippen molar-refractivity contribution in [2.45, 2.75) is 12.2 Å². The van der Waals surface area contributed by atoms with Crippen molar-refractivity contribution in [3.05, 3.63) is 0 Å². The highest BCUT2D eigenvalue weighted by Crippen LogP contribution is 2.04. The van der Waals surface area contributed by atoms with E-state index in [9.17, 15) is 4.21 Å². The highest BCUT2D eigenvalue weighted by Gasteiger charge is 2.27. The third-order valence-electron chi connectivity index (χ3n) is 1.33. The Kier molecular flexibility index (Phi) is 2.75. The number of β-amino-alcohol motifs (C(OH)–C–C–N with tert-alkyl or cyclic N) is 1. The predicted octanol–water partition coefficient (Wildman–Crippen LogP) is -1.53. The van der Waals surface area contributed by atoms with Gasteiger partial charge in [-0.05, 0) is 0 Å². The molecule has 0 aromatic carbocycles. The molecule has 1 aliphatic heterocycles. The minimum absolute atomic E-state index is 0.419. The molecular formula is C4H9NO4S. The first kappa shape index (κ1) is 8.09. The number of aliphatic hydroxyl groups is 1. The van der Waals surface area contributed by atoms with Gasteiger partial charge in [-0.1, -0.05) is 0 Å². The van der Waals surface area contributed by atoms with Gasteiger partial charge in [0.25, 0.3) is 0 Å². The van der Waals surface area contributed by atoms with E-state index in [1.165, 1.54) is 0 Å². The number of rotatable bonds is 2. The molecule has 60 valence electrons. The van der Waals surface area contributed by atoms with Crippen LogP contribution in [-0.4, -0.2) is 39.2 Å². The molecule has 0 spiro atoms. The first-order valence-corrected chi connectivity index (χ1v) is 3.90. The monoisotopic (exact) mass is 167 g/mol. The van der Waals surface area contributed by atoms with Crippen molar-refractivity contribution in [2.75, 3.05) is 13.1 Å². The van der Waals surface area contributed by atoms with Crippen LogP contribution in [0.15, 0.2) is 0 Å². The van der Waals surface area contributed by atoms with Gasteiger partial charge >= 0.3 is 11.4 Å². The molecule has 1 fully saturated rings. The van der Waals surface area contributed by atoms with Crippen molar-refractivity contribution < 1.29 is 18.1 Å². The summed E-state index contributed by atoms with van der Waals surface area (Å²) >= 11 is -2.28. The van der Waals surface area contributed by atoms with Crippen LogP contribution in [0.1, 0.15) is 0 Å². The van der Waals surface area contributed by atoms with Crippen LogP contribution in [0.4, 0.5) is 0 Å². The van der Waals surface area contributed by atoms with Crippen LogP contribution in [0.3, 0.4) is 0 Å². The van der Waals surface area contributed by atoms with Crippen molar-refractivity contribution in [2.24, 2.45) is 0 Å². The van der Waals surface area contributed by atoms with E-state index < -0.39 is 23.6 Å². The van der Waals surface area contributed by atoms with E-state index in [4.69, 9.17) is 9.66 Å². The largest absolute Gasteiger partial charge is 0.389 e. The van der Waals surface area contributed by atoms with Gasteiger partial charge < -0.3 is 10.4 Å². The Balaban J connectivity index is 2.33. The van der Waals surface area contributed by atoms with E-state index >= 15 is 0 Å². The molecule has 0 saturated carbocycles. The van der Waals surface area contributed by atoms with Crippen LogP contribution in [0.2, 0.25) is 0 Å². The second kappa shape index (κ2) is 3.40. The van der Waals surface area contributed by atoms with E-state index in [2.05, 4.69) is 9.50 Å². The normalized spacial score (nSPS) is 36.2. The van der Waals surface area contributed by atoms with E-state index in [-0.39, 0.29) is 0 Å². The lowest BCUT2D eigenvalue weighted by atomic mass is 10.3. The molecule has 10 heavy (non-hydrogen) atoms. The molecule has 3 atom stereocenters. The zero-order valence-corrected chi connectivity index (χ0v) is 6.00. The van der Waals surface area contributed by atoms with Crippen molar-refractivity contribution in [1.29, 1.82) is 0 Å². The van der Waals surface area contributed by atoms with Crippen LogP contribution in [0, 0.1) is 0 Å². The minimum Gasteiger partial charge on any atom is -0.389 e. The molecule has 1 aliphatic rings. The zero-order chi connectivity index (χ0) is 7.56. The molecule has 5 nitrogen and oxygen atoms in total. The smallest absolute Gasteiger partial charge is 0.302 e. The van der Waals surface area contributed by atoms with Crippen molar-refractivity contribution in [1.82, 2.24) is 5.32 Å². The average Bonchev–Trinajstić information content (AvgIpc) is 2.15. The summed E-state index contributed by atoms with van der Waals surface area (Å²) in [5.41, 5.74) is 0.